The third-order valence-electron chi connectivity index (χ3n) is 9.49. The summed E-state index contributed by atoms with van der Waals surface area (Å²) < 4.78 is 7.63. The lowest BCUT2D eigenvalue weighted by Crippen LogP contribution is -2.42. The number of anilines is 1. The molecule has 2 aliphatic carbocycles. The summed E-state index contributed by atoms with van der Waals surface area (Å²) in [4.78, 5) is 34.8. The van der Waals surface area contributed by atoms with Gasteiger partial charge in [0, 0.05) is 37.7 Å². The van der Waals surface area contributed by atoms with E-state index in [4.69, 9.17) is 9.51 Å². The number of imidazole rings is 1. The molecule has 204 valence electrons. The van der Waals surface area contributed by atoms with Crippen LogP contribution in [0.15, 0.2) is 41.4 Å². The second-order valence-corrected chi connectivity index (χ2v) is 12.1. The molecule has 4 aliphatic rings. The van der Waals surface area contributed by atoms with Crippen molar-refractivity contribution < 1.29 is 14.1 Å². The smallest absolute Gasteiger partial charge is 0.296 e. The molecule has 39 heavy (non-hydrogen) atoms. The van der Waals surface area contributed by atoms with E-state index in [1.165, 1.54) is 30.9 Å². The van der Waals surface area contributed by atoms with Crippen LogP contribution in [0.3, 0.4) is 0 Å². The third-order valence-corrected chi connectivity index (χ3v) is 9.49. The maximum atomic E-state index is 13.3. The summed E-state index contributed by atoms with van der Waals surface area (Å²) >= 11 is 0. The number of benzene rings is 1. The Balaban J connectivity index is 1.16. The fourth-order valence-electron chi connectivity index (χ4n) is 7.06. The van der Waals surface area contributed by atoms with Crippen molar-refractivity contribution in [1.29, 1.82) is 0 Å². The molecule has 0 atom stereocenters. The van der Waals surface area contributed by atoms with Gasteiger partial charge >= 0.3 is 0 Å². The molecule has 9 nitrogen and oxygen atoms in total. The van der Waals surface area contributed by atoms with Gasteiger partial charge in [-0.1, -0.05) is 24.2 Å². The van der Waals surface area contributed by atoms with E-state index < -0.39 is 0 Å². The molecule has 2 saturated heterocycles. The average Bonchev–Trinajstić information content (AvgIpc) is 3.67. The maximum absolute atomic E-state index is 13.3. The lowest BCUT2D eigenvalue weighted by atomic mass is 9.64. The van der Waals surface area contributed by atoms with Crippen LogP contribution in [0, 0.1) is 5.41 Å². The summed E-state index contributed by atoms with van der Waals surface area (Å²) in [6, 6.07) is 8.49. The van der Waals surface area contributed by atoms with E-state index in [0.29, 0.717) is 11.9 Å². The summed E-state index contributed by atoms with van der Waals surface area (Å²) in [5.41, 5.74) is 4.16. The summed E-state index contributed by atoms with van der Waals surface area (Å²) in [6.45, 7) is 8.40. The van der Waals surface area contributed by atoms with Gasteiger partial charge in [-0.15, -0.1) is 0 Å². The standard InChI is InChI=1S/C30H36N6O3/c1-2-27(37)35-13-10-30(19-35)16-22(17-30)36-25-9-8-20(18-34-11-3-4-12-34)14-24(25)31-29(36)32-28(38)26-15-23(33-39-26)21-6-5-7-21/h2,8-9,14-15,21-22H,1,3-7,10-13,16-19H2,(H,31,32,38). The Morgan fingerprint density at radius 1 is 1.13 bits per heavy atom. The van der Waals surface area contributed by atoms with Gasteiger partial charge < -0.3 is 14.0 Å². The van der Waals surface area contributed by atoms with Crippen LogP contribution in [-0.2, 0) is 11.3 Å². The Bertz CT molecular complexity index is 1420. The van der Waals surface area contributed by atoms with Crippen molar-refractivity contribution in [3.8, 4) is 0 Å². The van der Waals surface area contributed by atoms with Gasteiger partial charge in [-0.25, -0.2) is 4.98 Å². The first-order valence-electron chi connectivity index (χ1n) is 14.4. The highest BCUT2D eigenvalue weighted by Gasteiger charge is 2.50. The van der Waals surface area contributed by atoms with Crippen LogP contribution in [0.25, 0.3) is 11.0 Å². The minimum absolute atomic E-state index is 0.00946. The highest BCUT2D eigenvalue weighted by molar-refractivity contribution is 6.02. The first kappa shape index (κ1) is 24.6. The predicted octanol–water partition coefficient (Wildman–Crippen LogP) is 4.88. The van der Waals surface area contributed by atoms with Crippen molar-refractivity contribution in [2.24, 2.45) is 5.41 Å². The molecule has 1 aromatic carbocycles. The molecule has 0 unspecified atom stereocenters. The lowest BCUT2D eigenvalue weighted by molar-refractivity contribution is -0.125. The number of nitrogens with zero attached hydrogens (tertiary/aromatic N) is 5. The van der Waals surface area contributed by atoms with Gasteiger partial charge in [0.2, 0.25) is 17.6 Å². The number of amides is 2. The van der Waals surface area contributed by atoms with Gasteiger partial charge in [0.05, 0.1) is 16.7 Å². The molecule has 2 aliphatic heterocycles. The quantitative estimate of drug-likeness (QED) is 0.439. The van der Waals surface area contributed by atoms with E-state index in [9.17, 15) is 9.59 Å². The molecule has 2 saturated carbocycles. The Labute approximate surface area is 228 Å². The van der Waals surface area contributed by atoms with Crippen LogP contribution in [0.1, 0.15) is 85.1 Å². The van der Waals surface area contributed by atoms with Crippen molar-refractivity contribution in [1.82, 2.24) is 24.5 Å². The molecule has 2 aromatic heterocycles. The summed E-state index contributed by atoms with van der Waals surface area (Å²) in [5.74, 6) is 0.866. The third kappa shape index (κ3) is 4.46. The van der Waals surface area contributed by atoms with Crippen molar-refractivity contribution in [2.45, 2.75) is 69.9 Å². The van der Waals surface area contributed by atoms with E-state index in [1.807, 2.05) is 4.90 Å². The van der Waals surface area contributed by atoms with Crippen LogP contribution in [0.5, 0.6) is 0 Å². The summed E-state index contributed by atoms with van der Waals surface area (Å²) in [6.07, 6.45) is 10.2. The topological polar surface area (TPSA) is 96.5 Å². The monoisotopic (exact) mass is 528 g/mol. The highest BCUT2D eigenvalue weighted by atomic mass is 16.5. The van der Waals surface area contributed by atoms with Gasteiger partial charge in [-0.05, 0) is 87.2 Å². The molecule has 3 aromatic rings. The van der Waals surface area contributed by atoms with E-state index in [-0.39, 0.29) is 29.0 Å². The number of nitrogens with one attached hydrogen (secondary N) is 1. The number of likely N-dealkylation sites (tertiary alicyclic amines) is 2. The molecule has 1 N–H and O–H groups in total. The molecular formula is C30H36N6O3. The van der Waals surface area contributed by atoms with Crippen molar-refractivity contribution >= 4 is 28.8 Å². The summed E-state index contributed by atoms with van der Waals surface area (Å²) in [5, 5.41) is 7.21. The van der Waals surface area contributed by atoms with E-state index >= 15 is 0 Å². The number of hydrogen-bond donors (Lipinski definition) is 1. The first-order valence-corrected chi connectivity index (χ1v) is 14.4. The molecule has 0 radical (unpaired) electrons. The zero-order valence-electron chi connectivity index (χ0n) is 22.4. The Hall–Kier alpha value is -3.46. The second-order valence-electron chi connectivity index (χ2n) is 12.1. The van der Waals surface area contributed by atoms with Crippen molar-refractivity contribution in [3.05, 3.63) is 53.9 Å². The Kier molecular flexibility index (Phi) is 6.06. The van der Waals surface area contributed by atoms with Crippen LogP contribution in [0.2, 0.25) is 0 Å². The van der Waals surface area contributed by atoms with E-state index in [0.717, 1.165) is 81.6 Å². The van der Waals surface area contributed by atoms with Crippen LogP contribution in [0.4, 0.5) is 5.95 Å². The fourth-order valence-corrected chi connectivity index (χ4v) is 7.06. The van der Waals surface area contributed by atoms with Crippen LogP contribution in [-0.4, -0.2) is 62.5 Å². The number of aromatic nitrogens is 3. The predicted molar refractivity (Wildman–Crippen MR) is 147 cm³/mol. The average molecular weight is 529 g/mol. The molecule has 0 bridgehead atoms. The number of carbonyl (C=O) groups excluding carboxylic acids is 2. The molecule has 1 spiro atoms. The molecule has 4 heterocycles. The van der Waals surface area contributed by atoms with Crippen LogP contribution < -0.4 is 5.32 Å². The maximum Gasteiger partial charge on any atom is 0.296 e. The number of rotatable bonds is 7. The lowest BCUT2D eigenvalue weighted by Gasteiger charge is -2.46. The minimum Gasteiger partial charge on any atom is -0.351 e. The Morgan fingerprint density at radius 2 is 1.95 bits per heavy atom. The number of hydrogen-bond acceptors (Lipinski definition) is 6. The highest BCUT2D eigenvalue weighted by Crippen LogP contribution is 2.55. The first-order chi connectivity index (χ1) is 19.0. The number of carbonyl (C=O) groups is 2. The molecular weight excluding hydrogens is 492 g/mol. The molecule has 2 amide bonds. The molecule has 9 heteroatoms. The van der Waals surface area contributed by atoms with Gasteiger partial charge in [0.15, 0.2) is 0 Å². The van der Waals surface area contributed by atoms with Crippen LogP contribution >= 0.6 is 0 Å². The van der Waals surface area contributed by atoms with Gasteiger partial charge in [0.25, 0.3) is 5.91 Å². The van der Waals surface area contributed by atoms with Gasteiger partial charge in [0.1, 0.15) is 0 Å². The molecule has 7 rings (SSSR count). The van der Waals surface area contributed by atoms with Crippen molar-refractivity contribution in [3.63, 3.8) is 0 Å². The summed E-state index contributed by atoms with van der Waals surface area (Å²) in [7, 11) is 0. The van der Waals surface area contributed by atoms with E-state index in [2.05, 4.69) is 44.7 Å². The molecule has 4 fully saturated rings. The van der Waals surface area contributed by atoms with Crippen molar-refractivity contribution in [2.75, 3.05) is 31.5 Å². The zero-order valence-corrected chi connectivity index (χ0v) is 22.4. The Morgan fingerprint density at radius 3 is 2.69 bits per heavy atom. The largest absolute Gasteiger partial charge is 0.351 e. The van der Waals surface area contributed by atoms with Gasteiger partial charge in [-0.3, -0.25) is 19.8 Å². The minimum atomic E-state index is -0.320. The SMILES string of the molecule is C=CC(=O)N1CCC2(CC(n3c(NC(=O)c4cc(C5CCC5)no4)nc4cc(CN5CCCC5)ccc43)C2)C1. The van der Waals surface area contributed by atoms with E-state index in [1.54, 1.807) is 6.07 Å². The normalized spacial score (nSPS) is 25.2. The zero-order chi connectivity index (χ0) is 26.6. The second kappa shape index (κ2) is 9.62. The number of fused-ring (bicyclic) bond motifs is 1. The fraction of sp³-hybridized carbons (Fsp3) is 0.533. The van der Waals surface area contributed by atoms with Gasteiger partial charge in [-0.2, -0.15) is 0 Å².